The molecule has 0 saturated carbocycles. The van der Waals surface area contributed by atoms with E-state index in [9.17, 15) is 9.59 Å². The van der Waals surface area contributed by atoms with Crippen molar-refractivity contribution in [2.24, 2.45) is 5.16 Å². The van der Waals surface area contributed by atoms with Crippen LogP contribution in [0.4, 0.5) is 0 Å². The van der Waals surface area contributed by atoms with Gasteiger partial charge < -0.3 is 4.84 Å². The van der Waals surface area contributed by atoms with Gasteiger partial charge in [-0.3, -0.25) is 0 Å². The lowest BCUT2D eigenvalue weighted by Crippen LogP contribution is -1.95. The number of rotatable bonds is 3. The molecule has 0 radical (unpaired) electrons. The van der Waals surface area contributed by atoms with E-state index in [0.717, 1.165) is 6.08 Å². The van der Waals surface area contributed by atoms with Crippen molar-refractivity contribution in [1.82, 2.24) is 0 Å². The first-order chi connectivity index (χ1) is 4.31. The highest BCUT2D eigenvalue weighted by Gasteiger charge is 1.95. The van der Waals surface area contributed by atoms with Crippen LogP contribution in [0.3, 0.4) is 0 Å². The van der Waals surface area contributed by atoms with Gasteiger partial charge in [0, 0.05) is 5.16 Å². The van der Waals surface area contributed by atoms with Gasteiger partial charge >= 0.3 is 5.97 Å². The van der Waals surface area contributed by atoms with E-state index in [1.165, 1.54) is 6.08 Å². The largest absolute Gasteiger partial charge is 0.339 e. The van der Waals surface area contributed by atoms with Gasteiger partial charge in [-0.25, -0.2) is 9.59 Å². The first-order valence-corrected chi connectivity index (χ1v) is 2.19. The predicted molar refractivity (Wildman–Crippen MR) is 29.0 cm³/mol. The van der Waals surface area contributed by atoms with Gasteiger partial charge in [0.05, 0.1) is 6.42 Å². The molecule has 0 spiro atoms. The van der Waals surface area contributed by atoms with Crippen LogP contribution >= 0.6 is 0 Å². The SMILES string of the molecule is C=CCC(=O)ON=C=O. The smallest absolute Gasteiger partial charge is 0.306 e. The summed E-state index contributed by atoms with van der Waals surface area (Å²) in [6.07, 6.45) is 2.45. The van der Waals surface area contributed by atoms with Crippen molar-refractivity contribution >= 4 is 12.0 Å². The molecule has 0 aliphatic heterocycles. The van der Waals surface area contributed by atoms with Crippen molar-refractivity contribution in [3.63, 3.8) is 0 Å². The van der Waals surface area contributed by atoms with E-state index in [4.69, 9.17) is 0 Å². The second kappa shape index (κ2) is 4.74. The van der Waals surface area contributed by atoms with E-state index in [2.05, 4.69) is 16.6 Å². The van der Waals surface area contributed by atoms with Crippen molar-refractivity contribution in [3.05, 3.63) is 12.7 Å². The zero-order valence-corrected chi connectivity index (χ0v) is 4.66. The lowest BCUT2D eigenvalue weighted by molar-refractivity contribution is -0.142. The number of hydrogen-bond donors (Lipinski definition) is 0. The Morgan fingerprint density at radius 1 is 1.89 bits per heavy atom. The highest BCUT2D eigenvalue weighted by atomic mass is 16.7. The third kappa shape index (κ3) is 4.44. The van der Waals surface area contributed by atoms with Gasteiger partial charge in [0.2, 0.25) is 0 Å². The maximum absolute atomic E-state index is 10.2. The van der Waals surface area contributed by atoms with Crippen LogP contribution in [0, 0.1) is 0 Å². The monoisotopic (exact) mass is 127 g/mol. The van der Waals surface area contributed by atoms with Gasteiger partial charge in [-0.2, -0.15) is 0 Å². The Morgan fingerprint density at radius 3 is 3.00 bits per heavy atom. The molecule has 0 bridgehead atoms. The van der Waals surface area contributed by atoms with Gasteiger partial charge in [-0.1, -0.05) is 6.08 Å². The molecule has 0 aliphatic rings. The summed E-state index contributed by atoms with van der Waals surface area (Å²) in [6.45, 7) is 3.27. The molecule has 0 fully saturated rings. The highest BCUT2D eigenvalue weighted by Crippen LogP contribution is 1.84. The number of carbonyl (C=O) groups is 1. The van der Waals surface area contributed by atoms with Gasteiger partial charge in [0.15, 0.2) is 0 Å². The van der Waals surface area contributed by atoms with Crippen LogP contribution in [0.1, 0.15) is 6.42 Å². The van der Waals surface area contributed by atoms with Crippen molar-refractivity contribution in [2.45, 2.75) is 6.42 Å². The summed E-state index contributed by atoms with van der Waals surface area (Å²) in [5, 5.41) is 2.59. The number of nitrogens with zero attached hydrogens (tertiary/aromatic N) is 1. The van der Waals surface area contributed by atoms with Gasteiger partial charge in [0.25, 0.3) is 6.08 Å². The minimum absolute atomic E-state index is 0.0468. The van der Waals surface area contributed by atoms with Crippen LogP contribution in [0.2, 0.25) is 0 Å². The molecule has 0 saturated heterocycles. The van der Waals surface area contributed by atoms with Crippen LogP contribution in [0.25, 0.3) is 0 Å². The van der Waals surface area contributed by atoms with E-state index in [-0.39, 0.29) is 6.42 Å². The lowest BCUT2D eigenvalue weighted by Gasteiger charge is -1.85. The minimum Gasteiger partial charge on any atom is -0.306 e. The molecule has 0 heterocycles. The molecular weight excluding hydrogens is 122 g/mol. The molecule has 0 aromatic heterocycles. The lowest BCUT2D eigenvalue weighted by atomic mass is 10.4. The van der Waals surface area contributed by atoms with Crippen molar-refractivity contribution in [2.75, 3.05) is 0 Å². The molecule has 0 aliphatic carbocycles. The molecule has 0 amide bonds. The first kappa shape index (κ1) is 7.59. The Labute approximate surface area is 51.8 Å². The minimum atomic E-state index is -0.617. The summed E-state index contributed by atoms with van der Waals surface area (Å²) >= 11 is 0. The summed E-state index contributed by atoms with van der Waals surface area (Å²) in [4.78, 5) is 23.5. The summed E-state index contributed by atoms with van der Waals surface area (Å²) in [6, 6.07) is 0. The molecule has 0 N–H and O–H groups in total. The molecule has 0 aromatic carbocycles. The topological polar surface area (TPSA) is 55.7 Å². The second-order valence-electron chi connectivity index (χ2n) is 1.14. The van der Waals surface area contributed by atoms with Crippen molar-refractivity contribution in [3.8, 4) is 0 Å². The normalized spacial score (nSPS) is 7.11. The van der Waals surface area contributed by atoms with Crippen LogP contribution in [0.5, 0.6) is 0 Å². The van der Waals surface area contributed by atoms with Crippen LogP contribution in [0.15, 0.2) is 17.8 Å². The number of carbonyl (C=O) groups excluding carboxylic acids is 2. The standard InChI is InChI=1S/C5H5NO3/c1-2-3-5(8)9-6-4-7/h2H,1,3H2. The van der Waals surface area contributed by atoms with Gasteiger partial charge in [-0.15, -0.1) is 6.58 Å². The molecular formula is C5H5NO3. The first-order valence-electron chi connectivity index (χ1n) is 2.19. The second-order valence-corrected chi connectivity index (χ2v) is 1.14. The maximum Gasteiger partial charge on any atom is 0.339 e. The Balaban J connectivity index is 3.50. The number of isocyanates is 1. The molecule has 0 atom stereocenters. The maximum atomic E-state index is 10.2. The third-order valence-corrected chi connectivity index (χ3v) is 0.496. The van der Waals surface area contributed by atoms with E-state index < -0.39 is 5.97 Å². The van der Waals surface area contributed by atoms with Gasteiger partial charge in [-0.05, 0) is 0 Å². The predicted octanol–water partition coefficient (Wildman–Crippen LogP) is 0.356. The fourth-order valence-electron chi connectivity index (χ4n) is 0.225. The van der Waals surface area contributed by atoms with Crippen LogP contribution in [-0.2, 0) is 14.4 Å². The molecule has 0 rings (SSSR count). The van der Waals surface area contributed by atoms with Crippen LogP contribution < -0.4 is 0 Å². The Bertz CT molecular complexity index is 158. The fraction of sp³-hybridized carbons (Fsp3) is 0.200. The van der Waals surface area contributed by atoms with Crippen LogP contribution in [-0.4, -0.2) is 12.0 Å². The molecule has 9 heavy (non-hydrogen) atoms. The Morgan fingerprint density at radius 2 is 2.56 bits per heavy atom. The van der Waals surface area contributed by atoms with E-state index in [1.807, 2.05) is 0 Å². The summed E-state index contributed by atoms with van der Waals surface area (Å²) in [5.74, 6) is -0.617. The molecule has 0 aromatic rings. The van der Waals surface area contributed by atoms with Crippen molar-refractivity contribution < 1.29 is 14.4 Å². The highest BCUT2D eigenvalue weighted by molar-refractivity contribution is 5.71. The van der Waals surface area contributed by atoms with E-state index in [0.29, 0.717) is 0 Å². The number of hydrogen-bond acceptors (Lipinski definition) is 4. The third-order valence-electron chi connectivity index (χ3n) is 0.496. The average molecular weight is 127 g/mol. The Hall–Kier alpha value is -1.41. The average Bonchev–Trinajstić information content (AvgIpc) is 1.85. The quantitative estimate of drug-likeness (QED) is 0.181. The zero-order valence-electron chi connectivity index (χ0n) is 4.66. The summed E-state index contributed by atoms with van der Waals surface area (Å²) < 4.78 is 0. The zero-order chi connectivity index (χ0) is 7.11. The summed E-state index contributed by atoms with van der Waals surface area (Å²) in [7, 11) is 0. The van der Waals surface area contributed by atoms with E-state index in [1.54, 1.807) is 0 Å². The van der Waals surface area contributed by atoms with Gasteiger partial charge in [0.1, 0.15) is 0 Å². The summed E-state index contributed by atoms with van der Waals surface area (Å²) in [5.41, 5.74) is 0. The molecule has 4 heteroatoms. The molecule has 4 nitrogen and oxygen atoms in total. The molecule has 48 valence electrons. The van der Waals surface area contributed by atoms with Crippen molar-refractivity contribution in [1.29, 1.82) is 0 Å². The molecule has 0 unspecified atom stereocenters. The fourth-order valence-corrected chi connectivity index (χ4v) is 0.225. The Kier molecular flexibility index (Phi) is 4.00. The van der Waals surface area contributed by atoms with E-state index >= 15 is 0 Å².